The highest BCUT2D eigenvalue weighted by Crippen LogP contribution is 2.19. The first-order valence-electron chi connectivity index (χ1n) is 8.21. The van der Waals surface area contributed by atoms with E-state index >= 15 is 0 Å². The Morgan fingerprint density at radius 2 is 1.84 bits per heavy atom. The van der Waals surface area contributed by atoms with Crippen LogP contribution < -0.4 is 9.64 Å². The highest BCUT2D eigenvalue weighted by molar-refractivity contribution is 7.89. The molecule has 0 amide bonds. The quantitative estimate of drug-likeness (QED) is 0.852. The first-order valence-corrected chi connectivity index (χ1v) is 10.0. The maximum atomic E-state index is 12.7. The first-order chi connectivity index (χ1) is 12.0. The lowest BCUT2D eigenvalue weighted by atomic mass is 10.2. The number of hydrogen-bond acceptors (Lipinski definition) is 3. The van der Waals surface area contributed by atoms with E-state index in [1.165, 1.54) is 16.5 Å². The normalized spacial score (nSPS) is 16.7. The van der Waals surface area contributed by atoms with Crippen molar-refractivity contribution in [3.8, 4) is 5.75 Å². The van der Waals surface area contributed by atoms with E-state index in [2.05, 4.69) is 6.07 Å². The molecule has 0 bridgehead atoms. The van der Waals surface area contributed by atoms with Gasteiger partial charge in [-0.05, 0) is 30.3 Å². The van der Waals surface area contributed by atoms with Gasteiger partial charge >= 0.3 is 0 Å². The van der Waals surface area contributed by atoms with E-state index in [1.54, 1.807) is 29.6 Å². The Kier molecular flexibility index (Phi) is 5.64. The molecular weight excluding hydrogens is 360 g/mol. The van der Waals surface area contributed by atoms with Gasteiger partial charge in [0.25, 0.3) is 0 Å². The molecule has 0 saturated carbocycles. The minimum absolute atomic E-state index is 0.260. The molecule has 2 aromatic rings. The second-order valence-electron chi connectivity index (χ2n) is 6.14. The predicted molar refractivity (Wildman–Crippen MR) is 97.6 cm³/mol. The molecule has 0 radical (unpaired) electrons. The average molecular weight is 382 g/mol. The van der Waals surface area contributed by atoms with Crippen LogP contribution in [0.5, 0.6) is 5.75 Å². The Morgan fingerprint density at radius 3 is 2.52 bits per heavy atom. The number of quaternary nitrogens is 1. The van der Waals surface area contributed by atoms with Crippen LogP contribution in [0.2, 0.25) is 5.02 Å². The van der Waals surface area contributed by atoms with Crippen molar-refractivity contribution < 1.29 is 18.1 Å². The van der Waals surface area contributed by atoms with Gasteiger partial charge < -0.3 is 9.64 Å². The van der Waals surface area contributed by atoms with E-state index in [1.807, 2.05) is 18.2 Å². The summed E-state index contributed by atoms with van der Waals surface area (Å²) in [6.07, 6.45) is 0. The number of ether oxygens (including phenoxy) is 1. The summed E-state index contributed by atoms with van der Waals surface area (Å²) >= 11 is 5.93. The molecule has 0 atom stereocenters. The Balaban J connectivity index is 1.63. The number of nitrogens with one attached hydrogen (secondary N) is 1. The van der Waals surface area contributed by atoms with Crippen molar-refractivity contribution in [2.45, 2.75) is 11.4 Å². The van der Waals surface area contributed by atoms with Gasteiger partial charge in [0.2, 0.25) is 10.0 Å². The zero-order chi connectivity index (χ0) is 17.9. The zero-order valence-electron chi connectivity index (χ0n) is 14.1. The Bertz CT molecular complexity index is 834. The number of methoxy groups -OCH3 is 1. The van der Waals surface area contributed by atoms with E-state index in [4.69, 9.17) is 16.3 Å². The third-order valence-corrected chi connectivity index (χ3v) is 6.58. The van der Waals surface area contributed by atoms with Gasteiger partial charge in [-0.3, -0.25) is 0 Å². The summed E-state index contributed by atoms with van der Waals surface area (Å²) in [5.74, 6) is 0.846. The Hall–Kier alpha value is -1.60. The molecule has 3 rings (SSSR count). The summed E-state index contributed by atoms with van der Waals surface area (Å²) in [5.41, 5.74) is 1.19. The fourth-order valence-corrected chi connectivity index (χ4v) is 4.81. The van der Waals surface area contributed by atoms with Crippen LogP contribution in [0.15, 0.2) is 53.4 Å². The molecule has 7 heteroatoms. The number of sulfonamides is 1. The van der Waals surface area contributed by atoms with Crippen LogP contribution >= 0.6 is 11.6 Å². The zero-order valence-corrected chi connectivity index (χ0v) is 15.7. The molecule has 134 valence electrons. The first kappa shape index (κ1) is 18.2. The van der Waals surface area contributed by atoms with Crippen LogP contribution in [0, 0.1) is 0 Å². The van der Waals surface area contributed by atoms with Gasteiger partial charge in [-0.1, -0.05) is 29.8 Å². The molecule has 1 saturated heterocycles. The monoisotopic (exact) mass is 381 g/mol. The number of nitrogens with zero attached hydrogens (tertiary/aromatic N) is 1. The van der Waals surface area contributed by atoms with Crippen molar-refractivity contribution in [2.24, 2.45) is 0 Å². The van der Waals surface area contributed by atoms with E-state index < -0.39 is 10.0 Å². The fraction of sp³-hybridized carbons (Fsp3) is 0.333. The topological polar surface area (TPSA) is 51.1 Å². The number of hydrogen-bond donors (Lipinski definition) is 1. The van der Waals surface area contributed by atoms with Crippen LogP contribution in [-0.2, 0) is 16.6 Å². The van der Waals surface area contributed by atoms with Crippen molar-refractivity contribution in [2.75, 3.05) is 33.3 Å². The highest BCUT2D eigenvalue weighted by Gasteiger charge is 2.30. The van der Waals surface area contributed by atoms with E-state index in [-0.39, 0.29) is 4.90 Å². The van der Waals surface area contributed by atoms with Crippen LogP contribution in [0.4, 0.5) is 0 Å². The van der Waals surface area contributed by atoms with Crippen molar-refractivity contribution >= 4 is 21.6 Å². The lowest BCUT2D eigenvalue weighted by Gasteiger charge is -2.31. The molecule has 0 aliphatic carbocycles. The molecule has 2 aromatic carbocycles. The van der Waals surface area contributed by atoms with Gasteiger partial charge in [-0.15, -0.1) is 0 Å². The Labute approximate surface area is 153 Å². The van der Waals surface area contributed by atoms with Crippen molar-refractivity contribution in [1.82, 2.24) is 4.31 Å². The second kappa shape index (κ2) is 7.74. The number of benzene rings is 2. The largest absolute Gasteiger partial charge is 0.497 e. The molecule has 1 N–H and O–H groups in total. The summed E-state index contributed by atoms with van der Waals surface area (Å²) in [6.45, 7) is 3.43. The molecular formula is C18H22ClN2O3S+. The molecule has 0 spiro atoms. The van der Waals surface area contributed by atoms with Gasteiger partial charge in [0, 0.05) is 10.6 Å². The third-order valence-electron chi connectivity index (χ3n) is 4.45. The van der Waals surface area contributed by atoms with Gasteiger partial charge in [0.15, 0.2) is 0 Å². The summed E-state index contributed by atoms with van der Waals surface area (Å²) in [7, 11) is -1.82. The lowest BCUT2D eigenvalue weighted by Crippen LogP contribution is -3.13. The van der Waals surface area contributed by atoms with Crippen molar-refractivity contribution in [3.63, 3.8) is 0 Å². The minimum atomic E-state index is -3.48. The molecule has 0 aromatic heterocycles. The highest BCUT2D eigenvalue weighted by atomic mass is 35.5. The van der Waals surface area contributed by atoms with Gasteiger partial charge in [-0.2, -0.15) is 4.31 Å². The second-order valence-corrected chi connectivity index (χ2v) is 8.51. The SMILES string of the molecule is COc1cccc(C[NH+]2CCN(S(=O)(=O)c3cccc(Cl)c3)CC2)c1. The minimum Gasteiger partial charge on any atom is -0.497 e. The van der Waals surface area contributed by atoms with Crippen LogP contribution in [0.1, 0.15) is 5.56 Å². The molecule has 5 nitrogen and oxygen atoms in total. The average Bonchev–Trinajstić information content (AvgIpc) is 2.62. The lowest BCUT2D eigenvalue weighted by molar-refractivity contribution is -0.917. The standard InChI is InChI=1S/C18H21ClN2O3S/c1-24-17-6-2-4-15(12-17)14-20-8-10-21(11-9-20)25(22,23)18-7-3-5-16(19)13-18/h2-7,12-13H,8-11,14H2,1H3/p+1. The predicted octanol–water partition coefficient (Wildman–Crippen LogP) is 1.44. The van der Waals surface area contributed by atoms with E-state index in [9.17, 15) is 8.42 Å². The maximum absolute atomic E-state index is 12.7. The van der Waals surface area contributed by atoms with Gasteiger partial charge in [0.1, 0.15) is 12.3 Å². The van der Waals surface area contributed by atoms with Gasteiger partial charge in [0.05, 0.1) is 38.2 Å². The molecule has 1 fully saturated rings. The summed E-state index contributed by atoms with van der Waals surface area (Å²) < 4.78 is 32.3. The molecule has 0 unspecified atom stereocenters. The maximum Gasteiger partial charge on any atom is 0.243 e. The van der Waals surface area contributed by atoms with Crippen LogP contribution in [0.25, 0.3) is 0 Å². The van der Waals surface area contributed by atoms with Crippen LogP contribution in [-0.4, -0.2) is 46.0 Å². The molecule has 1 aliphatic rings. The van der Waals surface area contributed by atoms with Crippen molar-refractivity contribution in [3.05, 3.63) is 59.1 Å². The fourth-order valence-electron chi connectivity index (χ4n) is 3.07. The smallest absolute Gasteiger partial charge is 0.243 e. The Morgan fingerprint density at radius 1 is 1.12 bits per heavy atom. The van der Waals surface area contributed by atoms with Gasteiger partial charge in [-0.25, -0.2) is 8.42 Å². The van der Waals surface area contributed by atoms with Crippen molar-refractivity contribution in [1.29, 1.82) is 0 Å². The molecule has 25 heavy (non-hydrogen) atoms. The summed E-state index contributed by atoms with van der Waals surface area (Å²) in [6, 6.07) is 14.5. The molecule has 1 heterocycles. The molecule has 1 aliphatic heterocycles. The third kappa shape index (κ3) is 4.33. The number of piperazine rings is 1. The number of halogens is 1. The summed E-state index contributed by atoms with van der Waals surface area (Å²) in [5, 5.41) is 0.434. The number of rotatable bonds is 5. The van der Waals surface area contributed by atoms with E-state index in [0.29, 0.717) is 18.1 Å². The van der Waals surface area contributed by atoms with Crippen LogP contribution in [0.3, 0.4) is 0 Å². The van der Waals surface area contributed by atoms with E-state index in [0.717, 1.165) is 25.4 Å². The summed E-state index contributed by atoms with van der Waals surface area (Å²) in [4.78, 5) is 1.63.